The summed E-state index contributed by atoms with van der Waals surface area (Å²) in [5.41, 5.74) is 1.45. The molecular formula is C17H23NO2S. The number of hydrogen-bond donors (Lipinski definition) is 1. The van der Waals surface area contributed by atoms with Gasteiger partial charge in [-0.25, -0.2) is 0 Å². The summed E-state index contributed by atoms with van der Waals surface area (Å²) >= 11 is 1.87. The van der Waals surface area contributed by atoms with Crippen LogP contribution in [0.4, 0.5) is 0 Å². The fraction of sp³-hybridized carbons (Fsp3) is 0.529. The van der Waals surface area contributed by atoms with E-state index < -0.39 is 0 Å². The van der Waals surface area contributed by atoms with Gasteiger partial charge in [-0.05, 0) is 32.2 Å². The maximum absolute atomic E-state index is 5.96. The van der Waals surface area contributed by atoms with Gasteiger partial charge in [0, 0.05) is 27.2 Å². The molecule has 0 atom stereocenters. The molecule has 1 aromatic carbocycles. The van der Waals surface area contributed by atoms with Crippen LogP contribution in [0.25, 0.3) is 10.1 Å². The van der Waals surface area contributed by atoms with Gasteiger partial charge in [-0.2, -0.15) is 0 Å². The van der Waals surface area contributed by atoms with E-state index in [4.69, 9.17) is 9.47 Å². The normalized spacial score (nSPS) is 16.3. The van der Waals surface area contributed by atoms with Crippen molar-refractivity contribution in [2.75, 3.05) is 13.2 Å². The summed E-state index contributed by atoms with van der Waals surface area (Å²) in [4.78, 5) is 1.38. The second-order valence-corrected chi connectivity index (χ2v) is 7.71. The van der Waals surface area contributed by atoms with Crippen LogP contribution >= 0.6 is 11.3 Å². The van der Waals surface area contributed by atoms with Crippen LogP contribution in [-0.2, 0) is 22.6 Å². The molecule has 0 radical (unpaired) electrons. The minimum Gasteiger partial charge on any atom is -0.376 e. The average Bonchev–Trinajstić information content (AvgIpc) is 2.72. The lowest BCUT2D eigenvalue weighted by atomic mass is 10.1. The van der Waals surface area contributed by atoms with Crippen molar-refractivity contribution in [1.29, 1.82) is 0 Å². The van der Waals surface area contributed by atoms with Crippen molar-refractivity contribution >= 4 is 21.4 Å². The molecule has 0 saturated carbocycles. The molecule has 2 aromatic rings. The molecular weight excluding hydrogens is 282 g/mol. The first-order chi connectivity index (χ1) is 10.0. The predicted molar refractivity (Wildman–Crippen MR) is 87.8 cm³/mol. The largest absolute Gasteiger partial charge is 0.376 e. The zero-order valence-corrected chi connectivity index (χ0v) is 13.8. The van der Waals surface area contributed by atoms with Crippen LogP contribution < -0.4 is 5.32 Å². The lowest BCUT2D eigenvalue weighted by Crippen LogP contribution is -2.36. The van der Waals surface area contributed by atoms with Crippen LogP contribution in [0, 0.1) is 0 Å². The molecule has 114 valence electrons. The Hall–Kier alpha value is -0.940. The zero-order chi connectivity index (χ0) is 14.9. The van der Waals surface area contributed by atoms with E-state index in [0.717, 1.165) is 19.8 Å². The average molecular weight is 305 g/mol. The Balaban J connectivity index is 1.82. The van der Waals surface area contributed by atoms with Crippen LogP contribution in [0.15, 0.2) is 24.3 Å². The second kappa shape index (κ2) is 6.05. The number of nitrogens with one attached hydrogen (secondary N) is 1. The van der Waals surface area contributed by atoms with Crippen molar-refractivity contribution in [1.82, 2.24) is 5.32 Å². The molecule has 3 nitrogen and oxygen atoms in total. The topological polar surface area (TPSA) is 30.5 Å². The summed E-state index contributed by atoms with van der Waals surface area (Å²) in [6.45, 7) is 9.63. The third kappa shape index (κ3) is 3.64. The van der Waals surface area contributed by atoms with Gasteiger partial charge in [0.2, 0.25) is 0 Å². The van der Waals surface area contributed by atoms with Gasteiger partial charge < -0.3 is 14.8 Å². The van der Waals surface area contributed by atoms with Crippen molar-refractivity contribution in [3.05, 3.63) is 34.7 Å². The van der Waals surface area contributed by atoms with Crippen molar-refractivity contribution in [2.45, 2.75) is 45.6 Å². The summed E-state index contributed by atoms with van der Waals surface area (Å²) in [7, 11) is 0. The molecule has 0 unspecified atom stereocenters. The molecule has 1 aromatic heterocycles. The Labute approximate surface area is 130 Å². The number of benzene rings is 1. The van der Waals surface area contributed by atoms with Gasteiger partial charge in [0.15, 0.2) is 0 Å². The van der Waals surface area contributed by atoms with Gasteiger partial charge in [-0.15, -0.1) is 11.3 Å². The Bertz CT molecular complexity index is 611. The van der Waals surface area contributed by atoms with Gasteiger partial charge >= 0.3 is 0 Å². The smallest absolute Gasteiger partial charge is 0.105 e. The highest BCUT2D eigenvalue weighted by atomic mass is 32.1. The Kier molecular flexibility index (Phi) is 4.31. The van der Waals surface area contributed by atoms with Gasteiger partial charge in [-0.3, -0.25) is 0 Å². The SMILES string of the molecule is CC(C)(C)NCc1sc2ccccc2c1COC1COC1. The highest BCUT2D eigenvalue weighted by Gasteiger charge is 2.21. The Morgan fingerprint density at radius 3 is 2.71 bits per heavy atom. The lowest BCUT2D eigenvalue weighted by molar-refractivity contribution is -0.135. The molecule has 4 heteroatoms. The molecule has 1 aliphatic rings. The van der Waals surface area contributed by atoms with Crippen LogP contribution in [0.3, 0.4) is 0 Å². The van der Waals surface area contributed by atoms with E-state index >= 15 is 0 Å². The number of ether oxygens (including phenoxy) is 2. The van der Waals surface area contributed by atoms with Crippen molar-refractivity contribution in [3.63, 3.8) is 0 Å². The minimum absolute atomic E-state index is 0.121. The highest BCUT2D eigenvalue weighted by Crippen LogP contribution is 2.32. The zero-order valence-electron chi connectivity index (χ0n) is 12.9. The summed E-state index contributed by atoms with van der Waals surface area (Å²) in [5.74, 6) is 0. The summed E-state index contributed by atoms with van der Waals surface area (Å²) in [6.07, 6.45) is 0.270. The fourth-order valence-corrected chi connectivity index (χ4v) is 3.46. The molecule has 1 saturated heterocycles. The summed E-state index contributed by atoms with van der Waals surface area (Å²) < 4.78 is 12.5. The molecule has 2 heterocycles. The molecule has 1 N–H and O–H groups in total. The molecule has 0 amide bonds. The third-order valence-electron chi connectivity index (χ3n) is 3.63. The van der Waals surface area contributed by atoms with Crippen LogP contribution in [0.2, 0.25) is 0 Å². The number of thiophene rings is 1. The van der Waals surface area contributed by atoms with E-state index in [1.165, 1.54) is 20.5 Å². The second-order valence-electron chi connectivity index (χ2n) is 6.57. The van der Waals surface area contributed by atoms with Crippen LogP contribution in [0.5, 0.6) is 0 Å². The maximum atomic E-state index is 5.96. The van der Waals surface area contributed by atoms with Gasteiger partial charge in [0.25, 0.3) is 0 Å². The predicted octanol–water partition coefficient (Wildman–Crippen LogP) is 3.70. The van der Waals surface area contributed by atoms with E-state index in [2.05, 4.69) is 50.4 Å². The Morgan fingerprint density at radius 1 is 1.29 bits per heavy atom. The first-order valence-corrected chi connectivity index (χ1v) is 8.28. The number of fused-ring (bicyclic) bond motifs is 1. The summed E-state index contributed by atoms with van der Waals surface area (Å²) in [5, 5.41) is 4.91. The van der Waals surface area contributed by atoms with Crippen LogP contribution in [0.1, 0.15) is 31.2 Å². The molecule has 1 aliphatic heterocycles. The van der Waals surface area contributed by atoms with E-state index in [-0.39, 0.29) is 11.6 Å². The highest BCUT2D eigenvalue weighted by molar-refractivity contribution is 7.19. The van der Waals surface area contributed by atoms with Crippen molar-refractivity contribution < 1.29 is 9.47 Å². The monoisotopic (exact) mass is 305 g/mol. The standard InChI is InChI=1S/C17H23NO2S/c1-17(2,3)18-8-16-14(11-20-12-9-19-10-12)13-6-4-5-7-15(13)21-16/h4-7,12,18H,8-11H2,1-3H3. The van der Waals surface area contributed by atoms with E-state index in [9.17, 15) is 0 Å². The Morgan fingerprint density at radius 2 is 2.05 bits per heavy atom. The number of rotatable bonds is 5. The van der Waals surface area contributed by atoms with Crippen LogP contribution in [-0.4, -0.2) is 24.9 Å². The minimum atomic E-state index is 0.121. The van der Waals surface area contributed by atoms with Crippen molar-refractivity contribution in [2.24, 2.45) is 0 Å². The first-order valence-electron chi connectivity index (χ1n) is 7.46. The van der Waals surface area contributed by atoms with Crippen molar-refractivity contribution in [3.8, 4) is 0 Å². The molecule has 1 fully saturated rings. The number of hydrogen-bond acceptors (Lipinski definition) is 4. The fourth-order valence-electron chi connectivity index (χ4n) is 2.31. The van der Waals surface area contributed by atoms with E-state index in [1.807, 2.05) is 11.3 Å². The molecule has 21 heavy (non-hydrogen) atoms. The van der Waals surface area contributed by atoms with Gasteiger partial charge in [0.05, 0.1) is 19.8 Å². The molecule has 0 spiro atoms. The first kappa shape index (κ1) is 15.0. The summed E-state index contributed by atoms with van der Waals surface area (Å²) in [6, 6.07) is 8.59. The maximum Gasteiger partial charge on any atom is 0.105 e. The lowest BCUT2D eigenvalue weighted by Gasteiger charge is -2.26. The third-order valence-corrected chi connectivity index (χ3v) is 4.85. The molecule has 3 rings (SSSR count). The van der Waals surface area contributed by atoms with E-state index in [1.54, 1.807) is 0 Å². The quantitative estimate of drug-likeness (QED) is 0.913. The molecule has 0 bridgehead atoms. The van der Waals surface area contributed by atoms with E-state index in [0.29, 0.717) is 6.61 Å². The van der Waals surface area contributed by atoms with Gasteiger partial charge in [-0.1, -0.05) is 18.2 Å². The van der Waals surface area contributed by atoms with Gasteiger partial charge in [0.1, 0.15) is 6.10 Å². The molecule has 0 aliphatic carbocycles.